The van der Waals surface area contributed by atoms with E-state index < -0.39 is 69.4 Å². The van der Waals surface area contributed by atoms with Gasteiger partial charge in [-0.2, -0.15) is 0 Å². The summed E-state index contributed by atoms with van der Waals surface area (Å²) in [6, 6.07) is 6.13. The second kappa shape index (κ2) is 10.7. The predicted octanol–water partition coefficient (Wildman–Crippen LogP) is 0.503. The number of aromatic hydroxyl groups is 1. The Labute approximate surface area is 252 Å². The number of nitrogens with two attached hydrogens (primary N) is 1. The second-order valence-electron chi connectivity index (χ2n) is 11.9. The van der Waals surface area contributed by atoms with Gasteiger partial charge in [-0.25, -0.2) is 0 Å². The monoisotopic (exact) mass is 604 g/mol. The minimum absolute atomic E-state index is 0.00747. The first-order valence-electron chi connectivity index (χ1n) is 13.8. The van der Waals surface area contributed by atoms with Gasteiger partial charge in [0.15, 0.2) is 11.4 Å². The fraction of sp³-hybridized carbons (Fsp3) is 0.387. The summed E-state index contributed by atoms with van der Waals surface area (Å²) < 4.78 is 0. The number of ketones is 2. The number of aliphatic hydroxyl groups is 3. The van der Waals surface area contributed by atoms with E-state index in [-0.39, 0.29) is 35.2 Å². The Balaban J connectivity index is 1.66. The lowest BCUT2D eigenvalue weighted by molar-refractivity contribution is -0.384. The third-order valence-electron chi connectivity index (χ3n) is 8.97. The molecule has 0 bridgehead atoms. The zero-order valence-corrected chi connectivity index (χ0v) is 24.4. The molecule has 0 aromatic heterocycles. The number of carbonyl (C=O) groups is 3. The molecule has 0 spiro atoms. The minimum atomic E-state index is -2.75. The zero-order chi connectivity index (χ0) is 32.4. The Bertz CT molecular complexity index is 1700. The summed E-state index contributed by atoms with van der Waals surface area (Å²) in [5.74, 6) is -2.57. The van der Waals surface area contributed by atoms with E-state index in [4.69, 9.17) is 5.73 Å². The summed E-state index contributed by atoms with van der Waals surface area (Å²) in [6.45, 7) is 0. The lowest BCUT2D eigenvalue weighted by atomic mass is 9.54. The standard InChI is InChI=1S/C31H32N4O9/c1-33(2)20-13-15(8-5-14-6-9-17(10-7-14)35(43)44)25(36)22-18(20)11-16-12-19-24(34(3)4)27(38)23(30(32)41)29(40)31(19,42)28(39)21(16)26(22)37/h6-7,9-10,13,16,19,23-24,27,36-38,42H,11-12H2,1-4H3,(H2,32,41)/t16-,19-,23?,24-,27?,31-/m1/s1. The number of rotatable bonds is 4. The lowest BCUT2D eigenvalue weighted by Gasteiger charge is -2.53. The Morgan fingerprint density at radius 1 is 1.11 bits per heavy atom. The maximum absolute atomic E-state index is 14.1. The van der Waals surface area contributed by atoms with Crippen molar-refractivity contribution in [3.63, 3.8) is 0 Å². The number of hydrogen-bond acceptors (Lipinski definition) is 11. The van der Waals surface area contributed by atoms with Gasteiger partial charge in [-0.05, 0) is 56.6 Å². The third kappa shape index (κ3) is 4.50. The first-order chi connectivity index (χ1) is 20.6. The van der Waals surface area contributed by atoms with Crippen molar-refractivity contribution in [3.05, 3.63) is 68.3 Å². The van der Waals surface area contributed by atoms with Crippen LogP contribution in [0.3, 0.4) is 0 Å². The van der Waals surface area contributed by atoms with Crippen molar-refractivity contribution >= 4 is 34.6 Å². The van der Waals surface area contributed by atoms with Crippen LogP contribution in [0, 0.1) is 39.7 Å². The van der Waals surface area contributed by atoms with Crippen LogP contribution in [0.25, 0.3) is 5.76 Å². The predicted molar refractivity (Wildman–Crippen MR) is 157 cm³/mol. The molecule has 0 aliphatic heterocycles. The number of aliphatic hydroxyl groups excluding tert-OH is 2. The number of likely N-dealkylation sites (N-methyl/N-ethyl adjacent to an activating group) is 1. The first-order valence-corrected chi connectivity index (χ1v) is 13.8. The van der Waals surface area contributed by atoms with Crippen LogP contribution in [-0.2, 0) is 20.8 Å². The van der Waals surface area contributed by atoms with E-state index in [1.807, 2.05) is 0 Å². The molecule has 6 atom stereocenters. The largest absolute Gasteiger partial charge is 0.507 e. The van der Waals surface area contributed by atoms with Crippen LogP contribution in [0.5, 0.6) is 5.75 Å². The molecule has 44 heavy (non-hydrogen) atoms. The molecule has 13 heteroatoms. The van der Waals surface area contributed by atoms with Crippen LogP contribution in [0.15, 0.2) is 35.9 Å². The molecule has 6 N–H and O–H groups in total. The smallest absolute Gasteiger partial charge is 0.269 e. The number of primary amides is 1. The number of Topliss-reactive ketones (excluding diaryl/α,β-unsaturated/α-hetero) is 2. The maximum Gasteiger partial charge on any atom is 0.269 e. The van der Waals surface area contributed by atoms with E-state index in [0.29, 0.717) is 16.8 Å². The molecular weight excluding hydrogens is 572 g/mol. The molecule has 2 saturated carbocycles. The molecule has 230 valence electrons. The van der Waals surface area contributed by atoms with Crippen molar-refractivity contribution in [1.82, 2.24) is 4.90 Å². The average molecular weight is 605 g/mol. The first kappa shape index (κ1) is 30.7. The van der Waals surface area contributed by atoms with Gasteiger partial charge in [0.2, 0.25) is 11.7 Å². The number of hydrogen-bond donors (Lipinski definition) is 5. The van der Waals surface area contributed by atoms with Crippen LogP contribution in [-0.4, -0.2) is 93.7 Å². The SMILES string of the molecule is CN(C)c1cc(C#Cc2ccc([N+](=O)[O-])cc2)c(O)c2c1C[C@@H]1C[C@@H]3[C@@H](N(C)C)C(O)C(C(N)=O)C(=O)[C@]3(O)C(=O)C1=C2O. The van der Waals surface area contributed by atoms with Gasteiger partial charge in [-0.3, -0.25) is 24.5 Å². The Hall–Kier alpha value is -4.77. The molecule has 3 aliphatic carbocycles. The van der Waals surface area contributed by atoms with Gasteiger partial charge in [0, 0.05) is 55.0 Å². The zero-order valence-electron chi connectivity index (χ0n) is 24.4. The minimum Gasteiger partial charge on any atom is -0.507 e. The van der Waals surface area contributed by atoms with Crippen molar-refractivity contribution < 1.29 is 39.7 Å². The van der Waals surface area contributed by atoms with Crippen LogP contribution in [0.4, 0.5) is 11.4 Å². The third-order valence-corrected chi connectivity index (χ3v) is 8.97. The summed E-state index contributed by atoms with van der Waals surface area (Å²) in [5.41, 5.74) is 3.84. The summed E-state index contributed by atoms with van der Waals surface area (Å²) in [4.78, 5) is 53.5. The highest BCUT2D eigenvalue weighted by atomic mass is 16.6. The number of benzene rings is 2. The highest BCUT2D eigenvalue weighted by Gasteiger charge is 2.67. The van der Waals surface area contributed by atoms with Crippen LogP contribution < -0.4 is 10.6 Å². The van der Waals surface area contributed by atoms with E-state index >= 15 is 0 Å². The van der Waals surface area contributed by atoms with Gasteiger partial charge in [-0.1, -0.05) is 11.8 Å². The van der Waals surface area contributed by atoms with Crippen LogP contribution in [0.1, 0.15) is 28.7 Å². The fourth-order valence-electron chi connectivity index (χ4n) is 6.95. The maximum atomic E-state index is 14.1. The summed E-state index contributed by atoms with van der Waals surface area (Å²) in [6.07, 6.45) is -1.41. The molecule has 3 aliphatic rings. The van der Waals surface area contributed by atoms with E-state index in [0.717, 1.165) is 0 Å². The molecule has 0 saturated heterocycles. The van der Waals surface area contributed by atoms with Crippen LogP contribution >= 0.6 is 0 Å². The van der Waals surface area contributed by atoms with Gasteiger partial charge in [-0.15, -0.1) is 0 Å². The summed E-state index contributed by atoms with van der Waals surface area (Å²) in [7, 11) is 6.69. The van der Waals surface area contributed by atoms with Gasteiger partial charge >= 0.3 is 0 Å². The number of fused-ring (bicyclic) bond motifs is 3. The van der Waals surface area contributed by atoms with Gasteiger partial charge in [0.1, 0.15) is 17.4 Å². The van der Waals surface area contributed by atoms with Gasteiger partial charge in [0.05, 0.1) is 22.2 Å². The average Bonchev–Trinajstić information content (AvgIpc) is 2.94. The van der Waals surface area contributed by atoms with Gasteiger partial charge in [0.25, 0.3) is 5.69 Å². The van der Waals surface area contributed by atoms with Crippen molar-refractivity contribution in [2.24, 2.45) is 23.5 Å². The Kier molecular flexibility index (Phi) is 7.49. The van der Waals surface area contributed by atoms with E-state index in [1.165, 1.54) is 29.2 Å². The molecular formula is C31H32N4O9. The van der Waals surface area contributed by atoms with E-state index in [9.17, 15) is 44.9 Å². The summed E-state index contributed by atoms with van der Waals surface area (Å²) in [5, 5.41) is 56.7. The molecule has 0 heterocycles. The Morgan fingerprint density at radius 2 is 1.75 bits per heavy atom. The number of nitro benzene ring substituents is 1. The fourth-order valence-corrected chi connectivity index (χ4v) is 6.95. The lowest BCUT2D eigenvalue weighted by Crippen LogP contribution is -2.73. The molecule has 2 aromatic carbocycles. The Morgan fingerprint density at radius 3 is 2.30 bits per heavy atom. The quantitative estimate of drug-likeness (QED) is 0.141. The number of anilines is 1. The normalized spacial score (nSPS) is 27.6. The number of non-ortho nitro benzene ring substituents is 1. The van der Waals surface area contributed by atoms with Crippen molar-refractivity contribution in [2.75, 3.05) is 33.1 Å². The number of carbonyl (C=O) groups excluding carboxylic acids is 3. The molecule has 1 amide bonds. The van der Waals surface area contributed by atoms with Crippen molar-refractivity contribution in [2.45, 2.75) is 30.6 Å². The molecule has 2 aromatic rings. The number of phenolic OH excluding ortho intramolecular Hbond substituents is 1. The van der Waals surface area contributed by atoms with E-state index in [2.05, 4.69) is 11.8 Å². The van der Waals surface area contributed by atoms with Crippen LogP contribution in [0.2, 0.25) is 0 Å². The van der Waals surface area contributed by atoms with Gasteiger partial charge < -0.3 is 36.0 Å². The number of phenols is 1. The highest BCUT2D eigenvalue weighted by molar-refractivity contribution is 6.25. The number of amides is 1. The molecule has 0 radical (unpaired) electrons. The topological polar surface area (TPSA) is 208 Å². The number of nitrogens with zero attached hydrogens (tertiary/aromatic N) is 3. The van der Waals surface area contributed by atoms with Crippen molar-refractivity contribution in [3.8, 4) is 17.6 Å². The molecule has 2 unspecified atom stereocenters. The summed E-state index contributed by atoms with van der Waals surface area (Å²) >= 11 is 0. The highest BCUT2D eigenvalue weighted by Crippen LogP contribution is 2.53. The van der Waals surface area contributed by atoms with Crippen molar-refractivity contribution in [1.29, 1.82) is 0 Å². The second-order valence-corrected chi connectivity index (χ2v) is 11.9. The van der Waals surface area contributed by atoms with E-state index in [1.54, 1.807) is 39.2 Å². The number of nitro groups is 1. The molecule has 2 fully saturated rings. The molecule has 13 nitrogen and oxygen atoms in total. The molecule has 5 rings (SSSR count).